The third kappa shape index (κ3) is 7.27. The van der Waals surface area contributed by atoms with Crippen LogP contribution in [-0.2, 0) is 20.8 Å². The lowest BCUT2D eigenvalue weighted by Crippen LogP contribution is -2.52. The number of nitro groups is 2. The van der Waals surface area contributed by atoms with Gasteiger partial charge in [0.25, 0.3) is 11.4 Å². The molecule has 212 valence electrons. The Hall–Kier alpha value is -5.71. The third-order valence-electron chi connectivity index (χ3n) is 6.59. The van der Waals surface area contributed by atoms with Gasteiger partial charge in [-0.05, 0) is 59.2 Å². The number of ketones is 1. The molecular weight excluding hydrogens is 540 g/mol. The van der Waals surface area contributed by atoms with E-state index in [2.05, 4.69) is 11.9 Å². The van der Waals surface area contributed by atoms with Gasteiger partial charge in [-0.15, -0.1) is 0 Å². The molecule has 11 heteroatoms. The second-order valence-corrected chi connectivity index (χ2v) is 9.51. The molecule has 2 amide bonds. The molecule has 3 aromatic rings. The van der Waals surface area contributed by atoms with Gasteiger partial charge >= 0.3 is 0 Å². The predicted molar refractivity (Wildman–Crippen MR) is 156 cm³/mol. The molecule has 0 unspecified atom stereocenters. The average Bonchev–Trinajstić information content (AvgIpc) is 2.99. The fourth-order valence-electron chi connectivity index (χ4n) is 4.48. The summed E-state index contributed by atoms with van der Waals surface area (Å²) in [4.78, 5) is 62.2. The van der Waals surface area contributed by atoms with Crippen LogP contribution >= 0.6 is 0 Å². The van der Waals surface area contributed by atoms with E-state index >= 15 is 0 Å². The summed E-state index contributed by atoms with van der Waals surface area (Å²) in [5.41, 5.74) is 2.16. The highest BCUT2D eigenvalue weighted by atomic mass is 16.6. The van der Waals surface area contributed by atoms with Crippen LogP contribution < -0.4 is 5.32 Å². The smallest absolute Gasteiger partial charge is 0.269 e. The first-order chi connectivity index (χ1) is 20.1. The van der Waals surface area contributed by atoms with Crippen LogP contribution in [0.4, 0.5) is 11.4 Å². The molecule has 0 spiro atoms. The Morgan fingerprint density at radius 3 is 1.74 bits per heavy atom. The lowest BCUT2D eigenvalue weighted by Gasteiger charge is -2.33. The van der Waals surface area contributed by atoms with Gasteiger partial charge in [-0.1, -0.05) is 36.9 Å². The van der Waals surface area contributed by atoms with Crippen LogP contribution in [0.1, 0.15) is 16.7 Å². The number of carbonyl (C=O) groups is 3. The molecule has 1 aliphatic heterocycles. The van der Waals surface area contributed by atoms with Crippen molar-refractivity contribution in [1.29, 1.82) is 0 Å². The molecule has 1 atom stereocenters. The summed E-state index contributed by atoms with van der Waals surface area (Å²) >= 11 is 0. The van der Waals surface area contributed by atoms with Crippen molar-refractivity contribution in [3.8, 4) is 0 Å². The number of benzene rings is 3. The lowest BCUT2D eigenvalue weighted by molar-refractivity contribution is -0.385. The second-order valence-electron chi connectivity index (χ2n) is 9.51. The van der Waals surface area contributed by atoms with Crippen molar-refractivity contribution in [3.05, 3.63) is 140 Å². The number of non-ortho nitro benzene ring substituents is 2. The fourth-order valence-corrected chi connectivity index (χ4v) is 4.48. The minimum atomic E-state index is -0.952. The monoisotopic (exact) mass is 566 g/mol. The molecule has 0 aromatic heterocycles. The molecule has 1 fully saturated rings. The molecule has 1 N–H and O–H groups in total. The van der Waals surface area contributed by atoms with Gasteiger partial charge in [0.1, 0.15) is 6.04 Å². The van der Waals surface area contributed by atoms with Gasteiger partial charge in [-0.2, -0.15) is 0 Å². The van der Waals surface area contributed by atoms with Crippen LogP contribution in [0.2, 0.25) is 0 Å². The van der Waals surface area contributed by atoms with E-state index in [9.17, 15) is 34.6 Å². The number of nitrogens with zero attached hydrogens (tertiary/aromatic N) is 3. The minimum Gasteiger partial charge on any atom is -0.340 e. The Labute approximate surface area is 240 Å². The van der Waals surface area contributed by atoms with E-state index in [-0.39, 0.29) is 47.8 Å². The average molecular weight is 567 g/mol. The van der Waals surface area contributed by atoms with Gasteiger partial charge in [0.05, 0.1) is 9.85 Å². The van der Waals surface area contributed by atoms with Gasteiger partial charge in [-0.3, -0.25) is 34.6 Å². The highest BCUT2D eigenvalue weighted by molar-refractivity contribution is 6.15. The maximum atomic E-state index is 13.9. The molecule has 1 saturated heterocycles. The highest BCUT2D eigenvalue weighted by Gasteiger charge is 2.33. The standard InChI is InChI=1S/C31H26N4O7/c1-2-29(36)32-28(18-21-6-4-3-5-7-21)31(38)33-19-24(16-22-8-12-26(13-9-22)34(39)40)30(37)25(20-33)17-23-10-14-27(15-11-23)35(41)42/h2-17,28H,1,18-20H2,(H,32,36)/b24-16+,25-17+/t28-/m0/s1. The highest BCUT2D eigenvalue weighted by Crippen LogP contribution is 2.25. The van der Waals surface area contributed by atoms with Crippen molar-refractivity contribution < 1.29 is 24.2 Å². The van der Waals surface area contributed by atoms with Crippen molar-refractivity contribution in [3.63, 3.8) is 0 Å². The number of nitrogens with one attached hydrogen (secondary N) is 1. The van der Waals surface area contributed by atoms with Gasteiger partial charge in [0.15, 0.2) is 5.78 Å². The number of hydrogen-bond donors (Lipinski definition) is 1. The van der Waals surface area contributed by atoms with Gasteiger partial charge < -0.3 is 10.2 Å². The first-order valence-electron chi connectivity index (χ1n) is 12.8. The Morgan fingerprint density at radius 2 is 1.31 bits per heavy atom. The van der Waals surface area contributed by atoms with Crippen molar-refractivity contribution in [2.45, 2.75) is 12.5 Å². The number of hydrogen-bond acceptors (Lipinski definition) is 7. The minimum absolute atomic E-state index is 0.0680. The van der Waals surface area contributed by atoms with E-state index in [0.29, 0.717) is 11.1 Å². The predicted octanol–water partition coefficient (Wildman–Crippen LogP) is 4.29. The topological polar surface area (TPSA) is 153 Å². The van der Waals surface area contributed by atoms with E-state index in [4.69, 9.17) is 0 Å². The normalized spacial score (nSPS) is 15.7. The van der Waals surface area contributed by atoms with Gasteiger partial charge in [0.2, 0.25) is 11.8 Å². The molecule has 11 nitrogen and oxygen atoms in total. The summed E-state index contributed by atoms with van der Waals surface area (Å²) in [6.45, 7) is 3.33. The number of amides is 2. The van der Waals surface area contributed by atoms with E-state index in [1.165, 1.54) is 53.4 Å². The number of likely N-dealkylation sites (tertiary alicyclic amines) is 1. The van der Waals surface area contributed by atoms with E-state index in [1.807, 2.05) is 30.3 Å². The lowest BCUT2D eigenvalue weighted by atomic mass is 9.93. The Balaban J connectivity index is 1.71. The summed E-state index contributed by atoms with van der Waals surface area (Å²) in [6.07, 6.45) is 4.39. The van der Waals surface area contributed by atoms with Crippen molar-refractivity contribution >= 4 is 41.1 Å². The van der Waals surface area contributed by atoms with Crippen LogP contribution in [0.3, 0.4) is 0 Å². The third-order valence-corrected chi connectivity index (χ3v) is 6.59. The van der Waals surface area contributed by atoms with Gasteiger partial charge in [-0.25, -0.2) is 0 Å². The summed E-state index contributed by atoms with van der Waals surface area (Å²) in [7, 11) is 0. The van der Waals surface area contributed by atoms with Crippen LogP contribution in [0.25, 0.3) is 12.2 Å². The Morgan fingerprint density at radius 1 is 0.833 bits per heavy atom. The van der Waals surface area contributed by atoms with E-state index < -0.39 is 27.7 Å². The van der Waals surface area contributed by atoms with Crippen LogP contribution in [0.5, 0.6) is 0 Å². The molecule has 0 bridgehead atoms. The summed E-state index contributed by atoms with van der Waals surface area (Å²) < 4.78 is 0. The van der Waals surface area contributed by atoms with Crippen LogP contribution in [0.15, 0.2) is 103 Å². The molecule has 0 radical (unpaired) electrons. The van der Waals surface area contributed by atoms with E-state index in [0.717, 1.165) is 11.6 Å². The summed E-state index contributed by atoms with van der Waals surface area (Å²) in [6, 6.07) is 19.5. The maximum Gasteiger partial charge on any atom is 0.269 e. The second kappa shape index (κ2) is 13.1. The number of carbonyl (C=O) groups excluding carboxylic acids is 3. The zero-order valence-corrected chi connectivity index (χ0v) is 22.3. The molecule has 42 heavy (non-hydrogen) atoms. The van der Waals surface area contributed by atoms with Crippen LogP contribution in [-0.4, -0.2) is 51.5 Å². The molecule has 0 aliphatic carbocycles. The van der Waals surface area contributed by atoms with Crippen LogP contribution in [0, 0.1) is 20.2 Å². The molecule has 1 aliphatic rings. The molecular formula is C31H26N4O7. The van der Waals surface area contributed by atoms with Crippen molar-refractivity contribution in [2.75, 3.05) is 13.1 Å². The summed E-state index contributed by atoms with van der Waals surface area (Å²) in [5, 5.41) is 24.8. The zero-order chi connectivity index (χ0) is 30.2. The molecule has 3 aromatic carbocycles. The molecule has 4 rings (SSSR count). The van der Waals surface area contributed by atoms with Gasteiger partial charge in [0, 0.05) is 54.9 Å². The number of nitro benzene ring substituents is 2. The maximum absolute atomic E-state index is 13.9. The van der Waals surface area contributed by atoms with Crippen molar-refractivity contribution in [2.24, 2.45) is 0 Å². The number of piperidine rings is 1. The Kier molecular flexibility index (Phi) is 9.13. The SMILES string of the molecule is C=CC(=O)N[C@@H](Cc1ccccc1)C(=O)N1C/C(=C\c2ccc([N+](=O)[O-])cc2)C(=O)/C(=C/c2ccc([N+](=O)[O-])cc2)C1. The van der Waals surface area contributed by atoms with E-state index in [1.54, 1.807) is 12.2 Å². The first-order valence-corrected chi connectivity index (χ1v) is 12.8. The zero-order valence-electron chi connectivity index (χ0n) is 22.3. The van der Waals surface area contributed by atoms with Crippen molar-refractivity contribution in [1.82, 2.24) is 10.2 Å². The first kappa shape index (κ1) is 29.3. The summed E-state index contributed by atoms with van der Waals surface area (Å²) in [5.74, 6) is -1.29. The largest absolute Gasteiger partial charge is 0.340 e. The number of Topliss-reactive ketones (excluding diaryl/α,β-unsaturated/α-hetero) is 1. The fraction of sp³-hybridized carbons (Fsp3) is 0.129. The molecule has 1 heterocycles. The number of rotatable bonds is 9. The molecule has 0 saturated carbocycles. The Bertz CT molecular complexity index is 1510. The quantitative estimate of drug-likeness (QED) is 0.230.